The van der Waals surface area contributed by atoms with Gasteiger partial charge in [-0.3, -0.25) is 4.79 Å². The van der Waals surface area contributed by atoms with Gasteiger partial charge in [0.05, 0.1) is 6.54 Å². The molecule has 2 aromatic rings. The van der Waals surface area contributed by atoms with Crippen LogP contribution in [0.2, 0.25) is 0 Å². The molecule has 1 amide bonds. The number of benzene rings is 2. The summed E-state index contributed by atoms with van der Waals surface area (Å²) in [7, 11) is 0. The van der Waals surface area contributed by atoms with Crippen LogP contribution >= 0.6 is 0 Å². The van der Waals surface area contributed by atoms with Crippen LogP contribution in [0.1, 0.15) is 54.6 Å². The predicted octanol–water partition coefficient (Wildman–Crippen LogP) is 4.62. The smallest absolute Gasteiger partial charge is 0.254 e. The minimum Gasteiger partial charge on any atom is -0.489 e. The molecule has 3 nitrogen and oxygen atoms in total. The van der Waals surface area contributed by atoms with Crippen molar-refractivity contribution in [3.63, 3.8) is 0 Å². The normalized spacial score (nSPS) is 18.3. The molecular weight excluding hydrogens is 298 g/mol. The highest BCUT2D eigenvalue weighted by atomic mass is 16.5. The van der Waals surface area contributed by atoms with E-state index in [1.807, 2.05) is 48.2 Å². The van der Waals surface area contributed by atoms with Gasteiger partial charge >= 0.3 is 0 Å². The molecule has 0 spiro atoms. The third kappa shape index (κ3) is 3.45. The third-order valence-corrected chi connectivity index (χ3v) is 4.77. The summed E-state index contributed by atoms with van der Waals surface area (Å²) in [6.45, 7) is 7.59. The van der Waals surface area contributed by atoms with Gasteiger partial charge in [-0.25, -0.2) is 0 Å². The van der Waals surface area contributed by atoms with Crippen LogP contribution in [0.15, 0.2) is 48.5 Å². The zero-order valence-electron chi connectivity index (χ0n) is 14.7. The Kier molecular flexibility index (Phi) is 4.89. The number of rotatable bonds is 3. The lowest BCUT2D eigenvalue weighted by molar-refractivity contribution is 0.0690. The number of nitrogens with zero attached hydrogens (tertiary/aromatic N) is 1. The third-order valence-electron chi connectivity index (χ3n) is 4.77. The molecule has 0 N–H and O–H groups in total. The number of hydrogen-bond donors (Lipinski definition) is 0. The van der Waals surface area contributed by atoms with Crippen molar-refractivity contribution in [3.8, 4) is 5.75 Å². The maximum atomic E-state index is 12.9. The van der Waals surface area contributed by atoms with Gasteiger partial charge < -0.3 is 9.64 Å². The molecular formula is C21H25NO2. The van der Waals surface area contributed by atoms with E-state index in [1.165, 1.54) is 5.56 Å². The number of amides is 1. The highest BCUT2D eigenvalue weighted by molar-refractivity contribution is 5.94. The first-order valence-electron chi connectivity index (χ1n) is 8.72. The first-order valence-corrected chi connectivity index (χ1v) is 8.72. The zero-order valence-corrected chi connectivity index (χ0v) is 14.7. The molecule has 2 aromatic carbocycles. The summed E-state index contributed by atoms with van der Waals surface area (Å²) in [4.78, 5) is 14.8. The van der Waals surface area contributed by atoms with Crippen LogP contribution in [0.5, 0.6) is 5.75 Å². The molecule has 0 saturated heterocycles. The van der Waals surface area contributed by atoms with E-state index >= 15 is 0 Å². The standard InChI is InChI=1S/C21H25NO2/c1-4-15(2)17-9-11-18(12-10-17)21(23)22-13-16(3)24-20-8-6-5-7-19(20)14-22/h5-12,15-16H,4,13-14H2,1-3H3. The number of carbonyl (C=O) groups is 1. The molecule has 0 aliphatic carbocycles. The van der Waals surface area contributed by atoms with E-state index in [4.69, 9.17) is 4.74 Å². The van der Waals surface area contributed by atoms with E-state index in [0.29, 0.717) is 19.0 Å². The van der Waals surface area contributed by atoms with Gasteiger partial charge in [-0.05, 0) is 43.0 Å². The maximum absolute atomic E-state index is 12.9. The molecule has 1 aliphatic heterocycles. The van der Waals surface area contributed by atoms with Gasteiger partial charge in [0, 0.05) is 17.7 Å². The van der Waals surface area contributed by atoms with E-state index in [2.05, 4.69) is 26.0 Å². The summed E-state index contributed by atoms with van der Waals surface area (Å²) in [5, 5.41) is 0. The van der Waals surface area contributed by atoms with Crippen molar-refractivity contribution in [1.29, 1.82) is 0 Å². The Balaban J connectivity index is 1.81. The molecule has 0 bridgehead atoms. The lowest BCUT2D eigenvalue weighted by atomic mass is 9.97. The van der Waals surface area contributed by atoms with Crippen LogP contribution in [0.3, 0.4) is 0 Å². The molecule has 1 heterocycles. The molecule has 0 radical (unpaired) electrons. The first-order chi connectivity index (χ1) is 11.6. The predicted molar refractivity (Wildman–Crippen MR) is 96.4 cm³/mol. The van der Waals surface area contributed by atoms with Crippen molar-refractivity contribution in [2.75, 3.05) is 6.54 Å². The van der Waals surface area contributed by atoms with Crippen LogP contribution in [-0.2, 0) is 6.54 Å². The lowest BCUT2D eigenvalue weighted by Gasteiger charge is -2.22. The average Bonchev–Trinajstić information content (AvgIpc) is 2.78. The Labute approximate surface area is 144 Å². The summed E-state index contributed by atoms with van der Waals surface area (Å²) in [5.74, 6) is 1.47. The van der Waals surface area contributed by atoms with Gasteiger partial charge in [0.15, 0.2) is 0 Å². The molecule has 2 unspecified atom stereocenters. The van der Waals surface area contributed by atoms with Crippen LogP contribution < -0.4 is 4.74 Å². The summed E-state index contributed by atoms with van der Waals surface area (Å²) in [6, 6.07) is 16.0. The van der Waals surface area contributed by atoms with Crippen LogP contribution in [0.4, 0.5) is 0 Å². The SMILES string of the molecule is CCC(C)c1ccc(C(=O)N2Cc3ccccc3OC(C)C2)cc1. The number of ether oxygens (including phenoxy) is 1. The molecule has 24 heavy (non-hydrogen) atoms. The van der Waals surface area contributed by atoms with Crippen molar-refractivity contribution in [2.45, 2.75) is 45.8 Å². The monoisotopic (exact) mass is 323 g/mol. The zero-order chi connectivity index (χ0) is 17.1. The van der Waals surface area contributed by atoms with Crippen molar-refractivity contribution in [2.24, 2.45) is 0 Å². The lowest BCUT2D eigenvalue weighted by Crippen LogP contribution is -2.36. The Hall–Kier alpha value is -2.29. The van der Waals surface area contributed by atoms with Crippen LogP contribution in [-0.4, -0.2) is 23.5 Å². The molecule has 0 saturated carbocycles. The molecule has 2 atom stereocenters. The Morgan fingerprint density at radius 1 is 1.21 bits per heavy atom. The minimum atomic E-state index is -0.0167. The molecule has 0 aromatic heterocycles. The molecule has 3 rings (SSSR count). The van der Waals surface area contributed by atoms with E-state index in [-0.39, 0.29) is 12.0 Å². The summed E-state index contributed by atoms with van der Waals surface area (Å²) in [6.07, 6.45) is 1.09. The fourth-order valence-electron chi connectivity index (χ4n) is 3.11. The number of para-hydroxylation sites is 1. The average molecular weight is 323 g/mol. The molecule has 126 valence electrons. The van der Waals surface area contributed by atoms with Gasteiger partial charge in [-0.1, -0.05) is 44.2 Å². The fourth-order valence-corrected chi connectivity index (χ4v) is 3.11. The van der Waals surface area contributed by atoms with E-state index in [0.717, 1.165) is 23.3 Å². The summed E-state index contributed by atoms with van der Waals surface area (Å²) < 4.78 is 5.94. The number of hydrogen-bond acceptors (Lipinski definition) is 2. The summed E-state index contributed by atoms with van der Waals surface area (Å²) in [5.41, 5.74) is 3.09. The Bertz CT molecular complexity index is 708. The molecule has 3 heteroatoms. The van der Waals surface area contributed by atoms with Crippen LogP contribution in [0.25, 0.3) is 0 Å². The highest BCUT2D eigenvalue weighted by Gasteiger charge is 2.24. The van der Waals surface area contributed by atoms with Gasteiger partial charge in [0.2, 0.25) is 0 Å². The Morgan fingerprint density at radius 2 is 1.92 bits per heavy atom. The van der Waals surface area contributed by atoms with Gasteiger partial charge in [0.1, 0.15) is 11.9 Å². The second-order valence-electron chi connectivity index (χ2n) is 6.65. The molecule has 1 aliphatic rings. The van der Waals surface area contributed by atoms with Crippen molar-refractivity contribution in [1.82, 2.24) is 4.90 Å². The first kappa shape index (κ1) is 16.6. The van der Waals surface area contributed by atoms with Crippen LogP contribution in [0, 0.1) is 0 Å². The summed E-state index contributed by atoms with van der Waals surface area (Å²) >= 11 is 0. The largest absolute Gasteiger partial charge is 0.489 e. The van der Waals surface area contributed by atoms with E-state index in [1.54, 1.807) is 0 Å². The second-order valence-corrected chi connectivity index (χ2v) is 6.65. The number of fused-ring (bicyclic) bond motifs is 1. The van der Waals surface area contributed by atoms with Gasteiger partial charge in [-0.15, -0.1) is 0 Å². The Morgan fingerprint density at radius 3 is 2.62 bits per heavy atom. The second kappa shape index (κ2) is 7.08. The molecule has 0 fully saturated rings. The fraction of sp³-hybridized carbons (Fsp3) is 0.381. The van der Waals surface area contributed by atoms with Gasteiger partial charge in [0.25, 0.3) is 5.91 Å². The maximum Gasteiger partial charge on any atom is 0.254 e. The van der Waals surface area contributed by atoms with E-state index < -0.39 is 0 Å². The van der Waals surface area contributed by atoms with Gasteiger partial charge in [-0.2, -0.15) is 0 Å². The minimum absolute atomic E-state index is 0.0167. The topological polar surface area (TPSA) is 29.5 Å². The van der Waals surface area contributed by atoms with Crippen molar-refractivity contribution < 1.29 is 9.53 Å². The van der Waals surface area contributed by atoms with E-state index in [9.17, 15) is 4.79 Å². The van der Waals surface area contributed by atoms with Crippen molar-refractivity contribution >= 4 is 5.91 Å². The highest BCUT2D eigenvalue weighted by Crippen LogP contribution is 2.26. The number of carbonyl (C=O) groups excluding carboxylic acids is 1. The van der Waals surface area contributed by atoms with Crippen molar-refractivity contribution in [3.05, 3.63) is 65.2 Å². The quantitative estimate of drug-likeness (QED) is 0.824.